The molecule has 5 nitrogen and oxygen atoms in total. The molecule has 0 spiro atoms. The third-order valence-corrected chi connectivity index (χ3v) is 2.21. The van der Waals surface area contributed by atoms with Crippen molar-refractivity contribution < 1.29 is 14.3 Å². The highest BCUT2D eigenvalue weighted by Gasteiger charge is 2.18. The Balaban J connectivity index is 2.35. The molecule has 0 atom stereocenters. The number of ether oxygens (including phenoxy) is 1. The monoisotopic (exact) mass is 214 g/mol. The van der Waals surface area contributed by atoms with E-state index in [4.69, 9.17) is 4.74 Å². The number of rotatable bonds is 3. The molecule has 0 aromatic heterocycles. The van der Waals surface area contributed by atoms with E-state index in [2.05, 4.69) is 5.32 Å². The Kier molecular flexibility index (Phi) is 4.55. The molecule has 0 aliphatic carbocycles. The fourth-order valence-corrected chi connectivity index (χ4v) is 1.35. The van der Waals surface area contributed by atoms with Gasteiger partial charge < -0.3 is 15.0 Å². The average Bonchev–Trinajstić information content (AvgIpc) is 2.39. The van der Waals surface area contributed by atoms with E-state index >= 15 is 0 Å². The lowest BCUT2D eigenvalue weighted by Gasteiger charge is -2.20. The van der Waals surface area contributed by atoms with Gasteiger partial charge in [-0.25, -0.2) is 0 Å². The normalized spacial score (nSPS) is 17.5. The molecule has 1 N–H and O–H groups in total. The maximum absolute atomic E-state index is 11.6. The van der Waals surface area contributed by atoms with E-state index in [0.29, 0.717) is 26.1 Å². The molecule has 0 saturated carbocycles. The van der Waals surface area contributed by atoms with E-state index in [1.165, 1.54) is 0 Å². The van der Waals surface area contributed by atoms with Gasteiger partial charge in [-0.2, -0.15) is 0 Å². The maximum Gasteiger partial charge on any atom is 0.248 e. The Labute approximate surface area is 89.8 Å². The van der Waals surface area contributed by atoms with Crippen molar-refractivity contribution in [3.05, 3.63) is 0 Å². The minimum atomic E-state index is -0.0415. The Hall–Kier alpha value is -1.10. The number of hydrogen-bond donors (Lipinski definition) is 1. The van der Waals surface area contributed by atoms with Crippen LogP contribution in [0.5, 0.6) is 0 Å². The van der Waals surface area contributed by atoms with Gasteiger partial charge in [0.15, 0.2) is 0 Å². The van der Waals surface area contributed by atoms with Crippen LogP contribution < -0.4 is 5.32 Å². The third-order valence-electron chi connectivity index (χ3n) is 2.21. The molecule has 1 heterocycles. The fourth-order valence-electron chi connectivity index (χ4n) is 1.35. The number of carbonyl (C=O) groups is 2. The van der Waals surface area contributed by atoms with Gasteiger partial charge in [0.05, 0.1) is 6.10 Å². The van der Waals surface area contributed by atoms with Crippen molar-refractivity contribution in [1.29, 1.82) is 0 Å². The highest BCUT2D eigenvalue weighted by molar-refractivity contribution is 5.80. The first-order valence-corrected chi connectivity index (χ1v) is 5.25. The minimum Gasteiger partial charge on any atom is -0.369 e. The summed E-state index contributed by atoms with van der Waals surface area (Å²) in [6.07, 6.45) is 0.439. The summed E-state index contributed by atoms with van der Waals surface area (Å²) in [5.41, 5.74) is 0. The van der Waals surface area contributed by atoms with Crippen molar-refractivity contribution in [2.24, 2.45) is 0 Å². The number of amides is 2. The number of hydrogen-bond acceptors (Lipinski definition) is 3. The molecule has 0 radical (unpaired) electrons. The third kappa shape index (κ3) is 4.29. The molecule has 0 aromatic rings. The second kappa shape index (κ2) is 5.70. The Bertz CT molecular complexity index is 241. The van der Waals surface area contributed by atoms with Crippen LogP contribution in [0, 0.1) is 0 Å². The van der Waals surface area contributed by atoms with E-state index in [-0.39, 0.29) is 24.5 Å². The number of nitrogens with one attached hydrogen (secondary N) is 1. The van der Waals surface area contributed by atoms with Gasteiger partial charge in [0.2, 0.25) is 11.8 Å². The Morgan fingerprint density at radius 3 is 2.93 bits per heavy atom. The van der Waals surface area contributed by atoms with Crippen LogP contribution in [0.15, 0.2) is 0 Å². The molecule has 2 amide bonds. The second-order valence-corrected chi connectivity index (χ2v) is 3.84. The first-order chi connectivity index (χ1) is 7.09. The van der Waals surface area contributed by atoms with Crippen LogP contribution in [-0.4, -0.2) is 49.1 Å². The molecule has 1 aliphatic rings. The van der Waals surface area contributed by atoms with Gasteiger partial charge in [-0.1, -0.05) is 0 Å². The molecule has 86 valence electrons. The van der Waals surface area contributed by atoms with E-state index in [1.807, 2.05) is 13.8 Å². The Morgan fingerprint density at radius 2 is 2.27 bits per heavy atom. The summed E-state index contributed by atoms with van der Waals surface area (Å²) in [5, 5.41) is 2.72. The largest absolute Gasteiger partial charge is 0.369 e. The van der Waals surface area contributed by atoms with Crippen LogP contribution in [0.25, 0.3) is 0 Å². The maximum atomic E-state index is 11.6. The summed E-state index contributed by atoms with van der Waals surface area (Å²) >= 11 is 0. The average molecular weight is 214 g/mol. The molecule has 0 aromatic carbocycles. The van der Waals surface area contributed by atoms with Crippen molar-refractivity contribution >= 4 is 11.8 Å². The standard InChI is InChI=1S/C10H18N2O3/c1-8(2)15-7-10(14)12-5-3-9(13)11-4-6-12/h8H,3-7H2,1-2H3,(H,11,13). The number of nitrogens with zero attached hydrogens (tertiary/aromatic N) is 1. The van der Waals surface area contributed by atoms with Crippen LogP contribution in [0.2, 0.25) is 0 Å². The van der Waals surface area contributed by atoms with E-state index < -0.39 is 0 Å². The van der Waals surface area contributed by atoms with Crippen LogP contribution in [-0.2, 0) is 14.3 Å². The van der Waals surface area contributed by atoms with Gasteiger partial charge in [0.25, 0.3) is 0 Å². The van der Waals surface area contributed by atoms with Gasteiger partial charge in [-0.05, 0) is 13.8 Å². The van der Waals surface area contributed by atoms with E-state index in [9.17, 15) is 9.59 Å². The lowest BCUT2D eigenvalue weighted by molar-refractivity contribution is -0.137. The predicted molar refractivity (Wildman–Crippen MR) is 55.3 cm³/mol. The van der Waals surface area contributed by atoms with Crippen molar-refractivity contribution in [2.45, 2.75) is 26.4 Å². The summed E-state index contributed by atoms with van der Waals surface area (Å²) in [6.45, 7) is 5.48. The smallest absolute Gasteiger partial charge is 0.248 e. The van der Waals surface area contributed by atoms with Crippen LogP contribution in [0.3, 0.4) is 0 Å². The molecule has 0 unspecified atom stereocenters. The summed E-state index contributed by atoms with van der Waals surface area (Å²) in [7, 11) is 0. The zero-order valence-corrected chi connectivity index (χ0v) is 9.28. The summed E-state index contributed by atoms with van der Waals surface area (Å²) in [6, 6.07) is 0. The second-order valence-electron chi connectivity index (χ2n) is 3.84. The molecule has 1 rings (SSSR count). The van der Waals surface area contributed by atoms with E-state index in [1.54, 1.807) is 4.90 Å². The van der Waals surface area contributed by atoms with Gasteiger partial charge >= 0.3 is 0 Å². The molecule has 1 aliphatic heterocycles. The summed E-state index contributed by atoms with van der Waals surface area (Å²) in [4.78, 5) is 24.3. The molecule has 1 fully saturated rings. The van der Waals surface area contributed by atoms with Crippen molar-refractivity contribution in [2.75, 3.05) is 26.2 Å². The van der Waals surface area contributed by atoms with Crippen LogP contribution in [0.1, 0.15) is 20.3 Å². The van der Waals surface area contributed by atoms with Crippen molar-refractivity contribution in [1.82, 2.24) is 10.2 Å². The highest BCUT2D eigenvalue weighted by atomic mass is 16.5. The lowest BCUT2D eigenvalue weighted by Crippen LogP contribution is -2.37. The first-order valence-electron chi connectivity index (χ1n) is 5.25. The molecular weight excluding hydrogens is 196 g/mol. The quantitative estimate of drug-likeness (QED) is 0.705. The van der Waals surface area contributed by atoms with Crippen LogP contribution in [0.4, 0.5) is 0 Å². The SMILES string of the molecule is CC(C)OCC(=O)N1CCNC(=O)CC1. The molecule has 0 bridgehead atoms. The molecule has 1 saturated heterocycles. The summed E-state index contributed by atoms with van der Waals surface area (Å²) < 4.78 is 5.23. The molecule has 15 heavy (non-hydrogen) atoms. The van der Waals surface area contributed by atoms with Crippen molar-refractivity contribution in [3.63, 3.8) is 0 Å². The topological polar surface area (TPSA) is 58.6 Å². The number of carbonyl (C=O) groups excluding carboxylic acids is 2. The van der Waals surface area contributed by atoms with Gasteiger partial charge in [-0.15, -0.1) is 0 Å². The first kappa shape index (κ1) is 12.0. The summed E-state index contributed by atoms with van der Waals surface area (Å²) in [5.74, 6) is -0.0322. The van der Waals surface area contributed by atoms with Crippen molar-refractivity contribution in [3.8, 4) is 0 Å². The lowest BCUT2D eigenvalue weighted by atomic mass is 10.3. The minimum absolute atomic E-state index is 0.00933. The fraction of sp³-hybridized carbons (Fsp3) is 0.800. The van der Waals surface area contributed by atoms with Gasteiger partial charge in [0, 0.05) is 26.1 Å². The van der Waals surface area contributed by atoms with Crippen LogP contribution >= 0.6 is 0 Å². The van der Waals surface area contributed by atoms with Gasteiger partial charge in [-0.3, -0.25) is 9.59 Å². The van der Waals surface area contributed by atoms with Gasteiger partial charge in [0.1, 0.15) is 6.61 Å². The Morgan fingerprint density at radius 1 is 1.53 bits per heavy atom. The van der Waals surface area contributed by atoms with E-state index in [0.717, 1.165) is 0 Å². The zero-order valence-electron chi connectivity index (χ0n) is 9.28. The molecule has 5 heteroatoms. The zero-order chi connectivity index (χ0) is 11.3. The molecular formula is C10H18N2O3. The predicted octanol–water partition coefficient (Wildman–Crippen LogP) is -0.240. The highest BCUT2D eigenvalue weighted by Crippen LogP contribution is 1.98.